The second-order valence-corrected chi connectivity index (χ2v) is 4.85. The molecule has 0 saturated heterocycles. The van der Waals surface area contributed by atoms with Gasteiger partial charge in [0, 0.05) is 12.6 Å². The third-order valence-corrected chi connectivity index (χ3v) is 2.61. The van der Waals surface area contributed by atoms with E-state index in [1.54, 1.807) is 0 Å². The Kier molecular flexibility index (Phi) is 5.15. The van der Waals surface area contributed by atoms with Gasteiger partial charge < -0.3 is 16.0 Å². The van der Waals surface area contributed by atoms with Crippen LogP contribution in [0.2, 0.25) is 0 Å². The number of likely N-dealkylation sites (N-methyl/N-ethyl adjacent to an activating group) is 1. The highest BCUT2D eigenvalue weighted by Crippen LogP contribution is 2.15. The van der Waals surface area contributed by atoms with Crippen molar-refractivity contribution in [2.45, 2.75) is 32.7 Å². The van der Waals surface area contributed by atoms with Crippen LogP contribution in [0.3, 0.4) is 0 Å². The minimum atomic E-state index is -0.222. The number of amides is 1. The predicted molar refractivity (Wildman–Crippen MR) is 72.5 cm³/mol. The number of aromatic nitrogens is 2. The smallest absolute Gasteiger partial charge is 0.274 e. The summed E-state index contributed by atoms with van der Waals surface area (Å²) < 4.78 is 0. The molecule has 0 aliphatic rings. The summed E-state index contributed by atoms with van der Waals surface area (Å²) in [5, 5.41) is 9.70. The van der Waals surface area contributed by atoms with Gasteiger partial charge in [0.25, 0.3) is 5.91 Å². The molecule has 1 heterocycles. The number of carbonyl (C=O) groups excluding carboxylic acids is 1. The molecule has 0 bridgehead atoms. The number of nitrogen functional groups attached to an aromatic ring is 1. The maximum Gasteiger partial charge on any atom is 0.274 e. The van der Waals surface area contributed by atoms with Gasteiger partial charge in [0.2, 0.25) is 0 Å². The molecule has 0 aliphatic heterocycles. The highest BCUT2D eigenvalue weighted by atomic mass is 16.2. The van der Waals surface area contributed by atoms with Crippen molar-refractivity contribution in [1.29, 1.82) is 0 Å². The lowest BCUT2D eigenvalue weighted by Crippen LogP contribution is -2.39. The van der Waals surface area contributed by atoms with Crippen LogP contribution in [0.5, 0.6) is 0 Å². The highest BCUT2D eigenvalue weighted by molar-refractivity contribution is 5.97. The van der Waals surface area contributed by atoms with Crippen molar-refractivity contribution in [3.8, 4) is 0 Å². The van der Waals surface area contributed by atoms with Crippen LogP contribution >= 0.6 is 0 Å². The summed E-state index contributed by atoms with van der Waals surface area (Å²) in [5.74, 6) is -0.222. The summed E-state index contributed by atoms with van der Waals surface area (Å²) >= 11 is 0. The van der Waals surface area contributed by atoms with Gasteiger partial charge in [-0.25, -0.2) is 0 Å². The van der Waals surface area contributed by atoms with Gasteiger partial charge in [-0.1, -0.05) is 13.3 Å². The average molecular weight is 253 g/mol. The Balaban J connectivity index is 2.67. The summed E-state index contributed by atoms with van der Waals surface area (Å²) in [5.41, 5.74) is 7.50. The van der Waals surface area contributed by atoms with E-state index in [0.717, 1.165) is 25.1 Å². The van der Waals surface area contributed by atoms with Gasteiger partial charge in [0.1, 0.15) is 0 Å². The first-order chi connectivity index (χ1) is 8.45. The highest BCUT2D eigenvalue weighted by Gasteiger charge is 2.18. The maximum absolute atomic E-state index is 12.0. The Bertz CT molecular complexity index is 399. The Morgan fingerprint density at radius 1 is 1.56 bits per heavy atom. The number of nitrogens with zero attached hydrogens (tertiary/aromatic N) is 2. The molecule has 0 aromatic carbocycles. The van der Waals surface area contributed by atoms with Gasteiger partial charge in [-0.2, -0.15) is 5.10 Å². The molecule has 1 unspecified atom stereocenters. The van der Waals surface area contributed by atoms with Crippen molar-refractivity contribution in [2.75, 3.05) is 26.4 Å². The summed E-state index contributed by atoms with van der Waals surface area (Å²) in [6, 6.07) is 0.0539. The summed E-state index contributed by atoms with van der Waals surface area (Å²) in [6.45, 7) is 4.78. The van der Waals surface area contributed by atoms with Crippen molar-refractivity contribution in [2.24, 2.45) is 0 Å². The molecule has 0 spiro atoms. The fourth-order valence-corrected chi connectivity index (χ4v) is 1.89. The molecule has 4 N–H and O–H groups in total. The molecule has 1 amide bonds. The lowest BCUT2D eigenvalue weighted by Gasteiger charge is -2.17. The molecule has 1 aromatic rings. The number of H-pyrrole nitrogens is 1. The normalized spacial score (nSPS) is 12.7. The number of carbonyl (C=O) groups is 1. The lowest BCUT2D eigenvalue weighted by atomic mass is 10.2. The fourth-order valence-electron chi connectivity index (χ4n) is 1.89. The Labute approximate surface area is 108 Å². The van der Waals surface area contributed by atoms with E-state index in [1.807, 2.05) is 25.9 Å². The van der Waals surface area contributed by atoms with Crippen molar-refractivity contribution < 1.29 is 4.79 Å². The summed E-state index contributed by atoms with van der Waals surface area (Å²) in [6.07, 6.45) is 1.77. The number of aromatic amines is 1. The van der Waals surface area contributed by atoms with Crippen molar-refractivity contribution in [1.82, 2.24) is 20.4 Å². The van der Waals surface area contributed by atoms with E-state index < -0.39 is 0 Å². The third kappa shape index (κ3) is 3.73. The molecular weight excluding hydrogens is 230 g/mol. The van der Waals surface area contributed by atoms with Crippen LogP contribution in [0.25, 0.3) is 0 Å². The molecule has 18 heavy (non-hydrogen) atoms. The SMILES string of the molecule is CCCc1[nH]nc(C(=O)NC(C)CN(C)C)c1N. The molecule has 1 atom stereocenters. The number of hydrogen-bond acceptors (Lipinski definition) is 4. The first-order valence-electron chi connectivity index (χ1n) is 6.24. The molecule has 6 nitrogen and oxygen atoms in total. The summed E-state index contributed by atoms with van der Waals surface area (Å²) in [7, 11) is 3.93. The average Bonchev–Trinajstić information content (AvgIpc) is 2.59. The van der Waals surface area contributed by atoms with E-state index in [2.05, 4.69) is 22.4 Å². The van der Waals surface area contributed by atoms with Gasteiger partial charge >= 0.3 is 0 Å². The fraction of sp³-hybridized carbons (Fsp3) is 0.667. The van der Waals surface area contributed by atoms with Crippen molar-refractivity contribution in [3.05, 3.63) is 11.4 Å². The maximum atomic E-state index is 12.0. The van der Waals surface area contributed by atoms with Gasteiger partial charge in [0.15, 0.2) is 5.69 Å². The number of anilines is 1. The minimum Gasteiger partial charge on any atom is -0.395 e. The molecule has 0 aliphatic carbocycles. The molecule has 0 saturated carbocycles. The van der Waals surface area contributed by atoms with E-state index in [-0.39, 0.29) is 11.9 Å². The largest absolute Gasteiger partial charge is 0.395 e. The van der Waals surface area contributed by atoms with Crippen LogP contribution in [0.15, 0.2) is 0 Å². The summed E-state index contributed by atoms with van der Waals surface area (Å²) in [4.78, 5) is 14.0. The van der Waals surface area contributed by atoms with Crippen LogP contribution in [0.1, 0.15) is 36.5 Å². The molecule has 1 rings (SSSR count). The Morgan fingerprint density at radius 2 is 2.22 bits per heavy atom. The lowest BCUT2D eigenvalue weighted by molar-refractivity contribution is 0.0930. The van der Waals surface area contributed by atoms with Crippen molar-refractivity contribution in [3.63, 3.8) is 0 Å². The van der Waals surface area contributed by atoms with E-state index in [4.69, 9.17) is 5.73 Å². The first kappa shape index (κ1) is 14.5. The zero-order chi connectivity index (χ0) is 13.7. The first-order valence-corrected chi connectivity index (χ1v) is 6.24. The number of nitrogens with two attached hydrogens (primary N) is 1. The Hall–Kier alpha value is -1.56. The molecule has 6 heteroatoms. The monoisotopic (exact) mass is 253 g/mol. The molecule has 0 radical (unpaired) electrons. The number of rotatable bonds is 6. The zero-order valence-corrected chi connectivity index (χ0v) is 11.6. The second-order valence-electron chi connectivity index (χ2n) is 4.85. The van der Waals surface area contributed by atoms with Gasteiger partial charge in [0.05, 0.1) is 11.4 Å². The minimum absolute atomic E-state index is 0.0539. The number of nitrogens with one attached hydrogen (secondary N) is 2. The number of hydrogen-bond donors (Lipinski definition) is 3. The number of aryl methyl sites for hydroxylation is 1. The predicted octanol–water partition coefficient (Wildman–Crippen LogP) is 0.624. The second kappa shape index (κ2) is 6.39. The van der Waals surface area contributed by atoms with Gasteiger partial charge in [-0.15, -0.1) is 0 Å². The van der Waals surface area contributed by atoms with Crippen LogP contribution in [-0.2, 0) is 6.42 Å². The quantitative estimate of drug-likeness (QED) is 0.693. The van der Waals surface area contributed by atoms with Crippen LogP contribution in [0, 0.1) is 0 Å². The third-order valence-electron chi connectivity index (χ3n) is 2.61. The van der Waals surface area contributed by atoms with Crippen molar-refractivity contribution >= 4 is 11.6 Å². The van der Waals surface area contributed by atoms with Gasteiger partial charge in [-0.3, -0.25) is 9.89 Å². The molecule has 0 fully saturated rings. The molecule has 1 aromatic heterocycles. The van der Waals surface area contributed by atoms with E-state index >= 15 is 0 Å². The van der Waals surface area contributed by atoms with Crippen LogP contribution in [-0.4, -0.2) is 47.7 Å². The van der Waals surface area contributed by atoms with Crippen LogP contribution in [0.4, 0.5) is 5.69 Å². The van der Waals surface area contributed by atoms with E-state index in [9.17, 15) is 4.79 Å². The van der Waals surface area contributed by atoms with Crippen LogP contribution < -0.4 is 11.1 Å². The Morgan fingerprint density at radius 3 is 2.78 bits per heavy atom. The topological polar surface area (TPSA) is 87.0 Å². The van der Waals surface area contributed by atoms with Gasteiger partial charge in [-0.05, 0) is 27.4 Å². The molecule has 102 valence electrons. The van der Waals surface area contributed by atoms with E-state index in [0.29, 0.717) is 11.4 Å². The molecular formula is C12H23N5O. The van der Waals surface area contributed by atoms with E-state index in [1.165, 1.54) is 0 Å². The zero-order valence-electron chi connectivity index (χ0n) is 11.6. The standard InChI is InChI=1S/C12H23N5O/c1-5-6-9-10(13)11(16-15-9)12(18)14-8(2)7-17(3)4/h8H,5-7,13H2,1-4H3,(H,14,18)(H,15,16).